The minimum atomic E-state index is -1.37. The third kappa shape index (κ3) is 4.76. The van der Waals surface area contributed by atoms with Crippen LogP contribution in [0.5, 0.6) is 0 Å². The highest BCUT2D eigenvalue weighted by Crippen LogP contribution is 2.29. The third-order valence-electron chi connectivity index (χ3n) is 6.73. The van der Waals surface area contributed by atoms with Gasteiger partial charge in [-0.3, -0.25) is 19.3 Å². The minimum absolute atomic E-state index is 0.0865. The molecule has 2 saturated heterocycles. The van der Waals surface area contributed by atoms with Gasteiger partial charge < -0.3 is 15.1 Å². The largest absolute Gasteiger partial charge is 0.338 e. The molecule has 0 spiro atoms. The number of hydrogen-bond donors (Lipinski definition) is 1. The van der Waals surface area contributed by atoms with Gasteiger partial charge in [0.05, 0.1) is 0 Å². The number of carbonyl (C=O) groups is 4. The van der Waals surface area contributed by atoms with Crippen LogP contribution < -0.4 is 5.32 Å². The average Bonchev–Trinajstić information content (AvgIpc) is 3.07. The number of halogens is 1. The van der Waals surface area contributed by atoms with Gasteiger partial charge in [0, 0.05) is 31.7 Å². The lowest BCUT2D eigenvalue weighted by Crippen LogP contribution is -2.53. The van der Waals surface area contributed by atoms with Crippen molar-refractivity contribution < 1.29 is 23.6 Å². The number of piperazine rings is 1. The molecule has 1 atom stereocenters. The Morgan fingerprint density at radius 2 is 1.51 bits per heavy atom. The van der Waals surface area contributed by atoms with Gasteiger partial charge in [-0.15, -0.1) is 0 Å². The Balaban J connectivity index is 1.35. The molecule has 1 N–H and O–H groups in total. The van der Waals surface area contributed by atoms with E-state index in [2.05, 4.69) is 19.2 Å². The summed E-state index contributed by atoms with van der Waals surface area (Å²) in [5.41, 5.74) is 0.823. The highest BCUT2D eigenvalue weighted by molar-refractivity contribution is 6.09. The molecule has 2 aliphatic rings. The average molecular weight is 481 g/mol. The SMILES string of the molecule is CC(C)c1ccc(C(=O)N2CCN(C(=O)CN3C(=O)NC(C)(c4ccc(F)cc4)C3=O)CC2)cc1. The minimum Gasteiger partial charge on any atom is -0.338 e. The lowest BCUT2D eigenvalue weighted by molar-refractivity contribution is -0.139. The zero-order valence-corrected chi connectivity index (χ0v) is 20.1. The maximum atomic E-state index is 13.3. The monoisotopic (exact) mass is 480 g/mol. The first-order chi connectivity index (χ1) is 16.6. The van der Waals surface area contributed by atoms with Gasteiger partial charge in [0.25, 0.3) is 11.8 Å². The molecule has 2 heterocycles. The van der Waals surface area contributed by atoms with Crippen molar-refractivity contribution in [2.45, 2.75) is 32.2 Å². The van der Waals surface area contributed by atoms with E-state index in [0.717, 1.165) is 10.5 Å². The summed E-state index contributed by atoms with van der Waals surface area (Å²) < 4.78 is 13.3. The number of nitrogens with one attached hydrogen (secondary N) is 1. The van der Waals surface area contributed by atoms with E-state index < -0.39 is 29.8 Å². The van der Waals surface area contributed by atoms with Crippen molar-refractivity contribution in [3.8, 4) is 0 Å². The molecule has 1 unspecified atom stereocenters. The van der Waals surface area contributed by atoms with Gasteiger partial charge in [-0.1, -0.05) is 38.1 Å². The third-order valence-corrected chi connectivity index (χ3v) is 6.73. The number of urea groups is 1. The molecule has 184 valence electrons. The Morgan fingerprint density at radius 1 is 0.943 bits per heavy atom. The Hall–Kier alpha value is -3.75. The highest BCUT2D eigenvalue weighted by Gasteiger charge is 2.49. The van der Waals surface area contributed by atoms with Gasteiger partial charge in [-0.25, -0.2) is 9.18 Å². The predicted octanol–water partition coefficient (Wildman–Crippen LogP) is 2.70. The molecule has 2 fully saturated rings. The van der Waals surface area contributed by atoms with Crippen molar-refractivity contribution in [1.29, 1.82) is 0 Å². The fraction of sp³-hybridized carbons (Fsp3) is 0.385. The fourth-order valence-electron chi connectivity index (χ4n) is 4.41. The molecule has 2 aromatic carbocycles. The molecule has 8 nitrogen and oxygen atoms in total. The maximum Gasteiger partial charge on any atom is 0.325 e. The number of rotatable bonds is 5. The molecule has 0 saturated carbocycles. The first-order valence-electron chi connectivity index (χ1n) is 11.7. The Bertz CT molecular complexity index is 1140. The van der Waals surface area contributed by atoms with Gasteiger partial charge in [0.2, 0.25) is 5.91 Å². The Labute approximate surface area is 203 Å². The van der Waals surface area contributed by atoms with Crippen molar-refractivity contribution in [3.05, 3.63) is 71.0 Å². The molecule has 5 amide bonds. The molecular weight excluding hydrogens is 451 g/mol. The van der Waals surface area contributed by atoms with Gasteiger partial charge in [0.15, 0.2) is 0 Å². The number of imide groups is 1. The normalized spacial score (nSPS) is 20.4. The van der Waals surface area contributed by atoms with Crippen LogP contribution in [0.3, 0.4) is 0 Å². The number of amides is 5. The van der Waals surface area contributed by atoms with Crippen LogP contribution in [0.15, 0.2) is 48.5 Å². The summed E-state index contributed by atoms with van der Waals surface area (Å²) in [7, 11) is 0. The lowest BCUT2D eigenvalue weighted by atomic mass is 9.92. The quantitative estimate of drug-likeness (QED) is 0.667. The summed E-state index contributed by atoms with van der Waals surface area (Å²) in [6.07, 6.45) is 0. The first kappa shape index (κ1) is 24.4. The van der Waals surface area contributed by atoms with E-state index in [4.69, 9.17) is 0 Å². The van der Waals surface area contributed by atoms with Crippen LogP contribution in [-0.2, 0) is 15.1 Å². The second kappa shape index (κ2) is 9.48. The van der Waals surface area contributed by atoms with E-state index in [1.165, 1.54) is 31.2 Å². The van der Waals surface area contributed by atoms with E-state index >= 15 is 0 Å². The van der Waals surface area contributed by atoms with Crippen molar-refractivity contribution in [2.75, 3.05) is 32.7 Å². The van der Waals surface area contributed by atoms with Crippen LogP contribution in [0.2, 0.25) is 0 Å². The highest BCUT2D eigenvalue weighted by atomic mass is 19.1. The second-order valence-electron chi connectivity index (χ2n) is 9.40. The van der Waals surface area contributed by atoms with Crippen LogP contribution in [0.1, 0.15) is 48.2 Å². The van der Waals surface area contributed by atoms with Crippen LogP contribution in [0, 0.1) is 5.82 Å². The number of nitrogens with zero attached hydrogens (tertiary/aromatic N) is 3. The van der Waals surface area contributed by atoms with E-state index in [-0.39, 0.29) is 11.8 Å². The number of hydrogen-bond acceptors (Lipinski definition) is 4. The molecule has 0 bridgehead atoms. The zero-order valence-electron chi connectivity index (χ0n) is 20.1. The van der Waals surface area contributed by atoms with E-state index in [1.54, 1.807) is 9.80 Å². The van der Waals surface area contributed by atoms with Crippen LogP contribution in [-0.4, -0.2) is 71.2 Å². The molecule has 0 aromatic heterocycles. The van der Waals surface area contributed by atoms with E-state index in [9.17, 15) is 23.6 Å². The molecule has 0 aliphatic carbocycles. The fourth-order valence-corrected chi connectivity index (χ4v) is 4.41. The Morgan fingerprint density at radius 3 is 2.09 bits per heavy atom. The van der Waals surface area contributed by atoms with Gasteiger partial charge in [-0.2, -0.15) is 0 Å². The van der Waals surface area contributed by atoms with Crippen LogP contribution >= 0.6 is 0 Å². The van der Waals surface area contributed by atoms with Crippen molar-refractivity contribution >= 4 is 23.8 Å². The lowest BCUT2D eigenvalue weighted by Gasteiger charge is -2.35. The second-order valence-corrected chi connectivity index (χ2v) is 9.40. The summed E-state index contributed by atoms with van der Waals surface area (Å²) in [5, 5.41) is 2.62. The zero-order chi connectivity index (χ0) is 25.3. The van der Waals surface area contributed by atoms with Crippen molar-refractivity contribution in [1.82, 2.24) is 20.0 Å². The topological polar surface area (TPSA) is 90.0 Å². The van der Waals surface area contributed by atoms with Crippen molar-refractivity contribution in [3.63, 3.8) is 0 Å². The van der Waals surface area contributed by atoms with Gasteiger partial charge in [0.1, 0.15) is 17.9 Å². The van der Waals surface area contributed by atoms with Gasteiger partial charge in [-0.05, 0) is 48.2 Å². The predicted molar refractivity (Wildman–Crippen MR) is 127 cm³/mol. The molecule has 4 rings (SSSR count). The number of carbonyl (C=O) groups excluding carboxylic acids is 4. The summed E-state index contributed by atoms with van der Waals surface area (Å²) in [6.45, 7) is 6.68. The molecule has 2 aromatic rings. The molecule has 2 aliphatic heterocycles. The first-order valence-corrected chi connectivity index (χ1v) is 11.7. The molecule has 35 heavy (non-hydrogen) atoms. The standard InChI is InChI=1S/C26H29FN4O4/c1-17(2)18-4-6-19(7-5-18)23(33)30-14-12-29(13-15-30)22(32)16-31-24(34)26(3,28-25(31)35)20-8-10-21(27)11-9-20/h4-11,17H,12-16H2,1-3H3,(H,28,35). The van der Waals surface area contributed by atoms with Gasteiger partial charge >= 0.3 is 6.03 Å². The maximum absolute atomic E-state index is 13.3. The summed E-state index contributed by atoms with van der Waals surface area (Å²) in [4.78, 5) is 55.4. The summed E-state index contributed by atoms with van der Waals surface area (Å²) in [6, 6.07) is 12.2. The molecule has 9 heteroatoms. The van der Waals surface area contributed by atoms with E-state index in [0.29, 0.717) is 43.2 Å². The van der Waals surface area contributed by atoms with Crippen molar-refractivity contribution in [2.24, 2.45) is 0 Å². The number of benzene rings is 2. The summed E-state index contributed by atoms with van der Waals surface area (Å²) >= 11 is 0. The molecular formula is C26H29FN4O4. The Kier molecular flexibility index (Phi) is 6.60. The summed E-state index contributed by atoms with van der Waals surface area (Å²) in [5.74, 6) is -1.10. The molecule has 0 radical (unpaired) electrons. The van der Waals surface area contributed by atoms with Crippen LogP contribution in [0.4, 0.5) is 9.18 Å². The van der Waals surface area contributed by atoms with Crippen LogP contribution in [0.25, 0.3) is 0 Å². The smallest absolute Gasteiger partial charge is 0.325 e. The van der Waals surface area contributed by atoms with E-state index in [1.807, 2.05) is 24.3 Å².